The highest BCUT2D eigenvalue weighted by molar-refractivity contribution is 5.93. The maximum Gasteiger partial charge on any atom is 0.224 e. The fourth-order valence-electron chi connectivity index (χ4n) is 1.25. The van der Waals surface area contributed by atoms with Gasteiger partial charge in [-0.15, -0.1) is 0 Å². The van der Waals surface area contributed by atoms with Gasteiger partial charge >= 0.3 is 0 Å². The molecule has 92 valence electrons. The molecule has 0 aliphatic carbocycles. The molecule has 0 atom stereocenters. The van der Waals surface area contributed by atoms with Gasteiger partial charge in [-0.25, -0.2) is 4.39 Å². The molecule has 0 saturated carbocycles. The van der Waals surface area contributed by atoms with E-state index in [4.69, 9.17) is 4.74 Å². The molecular weight excluding hydrogens is 225 g/mol. The lowest BCUT2D eigenvalue weighted by atomic mass is 10.2. The summed E-state index contributed by atoms with van der Waals surface area (Å²) >= 11 is 0. The summed E-state index contributed by atoms with van der Waals surface area (Å²) in [6.45, 7) is 1.42. The first-order chi connectivity index (χ1) is 8.02. The van der Waals surface area contributed by atoms with E-state index in [0.29, 0.717) is 5.69 Å². The third-order valence-electron chi connectivity index (χ3n) is 2.14. The Bertz CT molecular complexity index is 432. The standard InChI is InChI=1S/C12H14FNO3/c1-8(15)3-6-12(16)14-9-4-5-10(13)11(7-9)17-2/h4-5,7H,3,6H2,1-2H3,(H,14,16). The van der Waals surface area contributed by atoms with Crippen molar-refractivity contribution in [2.75, 3.05) is 12.4 Å². The zero-order valence-electron chi connectivity index (χ0n) is 9.75. The van der Waals surface area contributed by atoms with Gasteiger partial charge in [-0.2, -0.15) is 0 Å². The van der Waals surface area contributed by atoms with Crippen LogP contribution in [-0.4, -0.2) is 18.8 Å². The Morgan fingerprint density at radius 1 is 1.35 bits per heavy atom. The minimum absolute atomic E-state index is 0.0446. The van der Waals surface area contributed by atoms with Crippen LogP contribution in [0.25, 0.3) is 0 Å². The fraction of sp³-hybridized carbons (Fsp3) is 0.333. The summed E-state index contributed by atoms with van der Waals surface area (Å²) < 4.78 is 17.9. The van der Waals surface area contributed by atoms with E-state index < -0.39 is 5.82 Å². The number of halogens is 1. The summed E-state index contributed by atoms with van der Waals surface area (Å²) in [5.74, 6) is -0.755. The zero-order valence-corrected chi connectivity index (χ0v) is 9.75. The van der Waals surface area contributed by atoms with E-state index in [1.54, 1.807) is 0 Å². The topological polar surface area (TPSA) is 55.4 Å². The number of nitrogens with one attached hydrogen (secondary N) is 1. The molecule has 0 saturated heterocycles. The first kappa shape index (κ1) is 13.2. The third-order valence-corrected chi connectivity index (χ3v) is 2.14. The number of carbonyl (C=O) groups is 2. The summed E-state index contributed by atoms with van der Waals surface area (Å²) in [5, 5.41) is 2.56. The Morgan fingerprint density at radius 2 is 2.06 bits per heavy atom. The van der Waals surface area contributed by atoms with Crippen molar-refractivity contribution < 1.29 is 18.7 Å². The largest absolute Gasteiger partial charge is 0.494 e. The van der Waals surface area contributed by atoms with Gasteiger partial charge in [-0.1, -0.05) is 0 Å². The highest BCUT2D eigenvalue weighted by Crippen LogP contribution is 2.21. The number of Topliss-reactive ketones (excluding diaryl/α,β-unsaturated/α-hetero) is 1. The molecule has 5 heteroatoms. The average Bonchev–Trinajstić information content (AvgIpc) is 2.29. The van der Waals surface area contributed by atoms with Crippen molar-refractivity contribution in [2.24, 2.45) is 0 Å². The molecule has 17 heavy (non-hydrogen) atoms. The predicted molar refractivity (Wildman–Crippen MR) is 61.5 cm³/mol. The van der Waals surface area contributed by atoms with Crippen LogP contribution in [-0.2, 0) is 9.59 Å². The molecule has 0 aromatic heterocycles. The molecule has 1 rings (SSSR count). The lowest BCUT2D eigenvalue weighted by molar-refractivity contribution is -0.121. The number of methoxy groups -OCH3 is 1. The minimum Gasteiger partial charge on any atom is -0.494 e. The van der Waals surface area contributed by atoms with E-state index in [9.17, 15) is 14.0 Å². The Morgan fingerprint density at radius 3 is 2.65 bits per heavy atom. The van der Waals surface area contributed by atoms with Gasteiger partial charge in [0.1, 0.15) is 5.78 Å². The van der Waals surface area contributed by atoms with E-state index in [2.05, 4.69) is 5.32 Å². The molecule has 0 aliphatic rings. The van der Waals surface area contributed by atoms with Crippen molar-refractivity contribution in [3.63, 3.8) is 0 Å². The molecule has 1 N–H and O–H groups in total. The summed E-state index contributed by atoms with van der Waals surface area (Å²) in [7, 11) is 1.35. The Hall–Kier alpha value is -1.91. The van der Waals surface area contributed by atoms with Gasteiger partial charge in [0, 0.05) is 24.6 Å². The molecule has 0 spiro atoms. The Balaban J connectivity index is 2.62. The SMILES string of the molecule is COc1cc(NC(=O)CCC(C)=O)ccc1F. The van der Waals surface area contributed by atoms with Gasteiger partial charge < -0.3 is 14.8 Å². The van der Waals surface area contributed by atoms with Crippen LogP contribution in [0.3, 0.4) is 0 Å². The highest BCUT2D eigenvalue weighted by atomic mass is 19.1. The van der Waals surface area contributed by atoms with Crippen LogP contribution >= 0.6 is 0 Å². The first-order valence-corrected chi connectivity index (χ1v) is 5.15. The normalized spacial score (nSPS) is 9.82. The van der Waals surface area contributed by atoms with Crippen LogP contribution in [0.2, 0.25) is 0 Å². The van der Waals surface area contributed by atoms with Gasteiger partial charge in [0.25, 0.3) is 0 Å². The second-order valence-corrected chi connectivity index (χ2v) is 3.60. The third kappa shape index (κ3) is 4.22. The number of hydrogen-bond acceptors (Lipinski definition) is 3. The second kappa shape index (κ2) is 5.98. The maximum atomic E-state index is 13.1. The molecule has 0 bridgehead atoms. The number of benzene rings is 1. The first-order valence-electron chi connectivity index (χ1n) is 5.15. The number of ether oxygens (including phenoxy) is 1. The number of hydrogen-bond donors (Lipinski definition) is 1. The van der Waals surface area contributed by atoms with Crippen LogP contribution in [0.15, 0.2) is 18.2 Å². The average molecular weight is 239 g/mol. The monoisotopic (exact) mass is 239 g/mol. The van der Waals surface area contributed by atoms with Crippen molar-refractivity contribution in [3.05, 3.63) is 24.0 Å². The van der Waals surface area contributed by atoms with E-state index in [0.717, 1.165) is 0 Å². The van der Waals surface area contributed by atoms with Gasteiger partial charge in [-0.05, 0) is 19.1 Å². The Kier molecular flexibility index (Phi) is 4.63. The summed E-state index contributed by atoms with van der Waals surface area (Å²) in [4.78, 5) is 22.1. The molecule has 1 amide bonds. The molecule has 1 aromatic carbocycles. The number of carbonyl (C=O) groups excluding carboxylic acids is 2. The van der Waals surface area contributed by atoms with Gasteiger partial charge in [0.05, 0.1) is 7.11 Å². The second-order valence-electron chi connectivity index (χ2n) is 3.60. The lowest BCUT2D eigenvalue weighted by Crippen LogP contribution is -2.12. The van der Waals surface area contributed by atoms with Crippen molar-refractivity contribution in [2.45, 2.75) is 19.8 Å². The summed E-state index contributed by atoms with van der Waals surface area (Å²) in [5.41, 5.74) is 0.441. The van der Waals surface area contributed by atoms with Crippen LogP contribution in [0.4, 0.5) is 10.1 Å². The fourth-order valence-corrected chi connectivity index (χ4v) is 1.25. The van der Waals surface area contributed by atoms with Crippen molar-refractivity contribution in [1.82, 2.24) is 0 Å². The minimum atomic E-state index is -0.491. The zero-order chi connectivity index (χ0) is 12.8. The summed E-state index contributed by atoms with van der Waals surface area (Å²) in [6, 6.07) is 4.03. The predicted octanol–water partition coefficient (Wildman–Crippen LogP) is 2.14. The number of anilines is 1. The van der Waals surface area contributed by atoms with E-state index in [1.165, 1.54) is 32.2 Å². The van der Waals surface area contributed by atoms with Crippen molar-refractivity contribution in [3.8, 4) is 5.75 Å². The molecule has 0 fully saturated rings. The molecule has 4 nitrogen and oxygen atoms in total. The van der Waals surface area contributed by atoms with Gasteiger partial charge in [-0.3, -0.25) is 4.79 Å². The Labute approximate surface area is 98.8 Å². The molecule has 0 radical (unpaired) electrons. The van der Waals surface area contributed by atoms with Crippen molar-refractivity contribution >= 4 is 17.4 Å². The number of rotatable bonds is 5. The van der Waals surface area contributed by atoms with Crippen LogP contribution < -0.4 is 10.1 Å². The molecule has 0 aliphatic heterocycles. The molecule has 0 heterocycles. The molecule has 0 unspecified atom stereocenters. The van der Waals surface area contributed by atoms with Gasteiger partial charge in [0.15, 0.2) is 11.6 Å². The van der Waals surface area contributed by atoms with Gasteiger partial charge in [0.2, 0.25) is 5.91 Å². The van der Waals surface area contributed by atoms with Crippen LogP contribution in [0, 0.1) is 5.82 Å². The highest BCUT2D eigenvalue weighted by Gasteiger charge is 2.07. The quantitative estimate of drug-likeness (QED) is 0.856. The van der Waals surface area contributed by atoms with Crippen LogP contribution in [0.1, 0.15) is 19.8 Å². The van der Waals surface area contributed by atoms with E-state index >= 15 is 0 Å². The maximum absolute atomic E-state index is 13.1. The smallest absolute Gasteiger partial charge is 0.224 e. The van der Waals surface area contributed by atoms with Crippen molar-refractivity contribution in [1.29, 1.82) is 0 Å². The number of amides is 1. The van der Waals surface area contributed by atoms with E-state index in [-0.39, 0.29) is 30.3 Å². The van der Waals surface area contributed by atoms with Crippen LogP contribution in [0.5, 0.6) is 5.75 Å². The lowest BCUT2D eigenvalue weighted by Gasteiger charge is -2.07. The molecule has 1 aromatic rings. The number of ketones is 1. The van der Waals surface area contributed by atoms with E-state index in [1.807, 2.05) is 0 Å². The summed E-state index contributed by atoms with van der Waals surface area (Å²) in [6.07, 6.45) is 0.319. The molecular formula is C12H14FNO3.